The maximum Gasteiger partial charge on any atom is 0.223 e. The summed E-state index contributed by atoms with van der Waals surface area (Å²) in [5, 5.41) is 2.89. The van der Waals surface area contributed by atoms with Crippen molar-refractivity contribution in [3.8, 4) is 0 Å². The number of carbonyl (C=O) groups is 2. The number of hydrogen-bond acceptors (Lipinski definition) is 3. The van der Waals surface area contributed by atoms with E-state index in [2.05, 4.69) is 19.2 Å². The molecule has 120 valence electrons. The molecule has 0 bridgehead atoms. The van der Waals surface area contributed by atoms with Crippen LogP contribution in [0.5, 0.6) is 0 Å². The predicted molar refractivity (Wildman–Crippen MR) is 84.9 cm³/mol. The SMILES string of the molecule is CCN(CC)C(=O)CCC(=O)NC(CN)CC(C)C.Cl. The van der Waals surface area contributed by atoms with Crippen molar-refractivity contribution in [1.29, 1.82) is 0 Å². The normalized spacial score (nSPS) is 11.7. The third-order valence-electron chi connectivity index (χ3n) is 3.09. The van der Waals surface area contributed by atoms with Gasteiger partial charge in [0.25, 0.3) is 0 Å². The van der Waals surface area contributed by atoms with Crippen LogP contribution >= 0.6 is 12.4 Å². The van der Waals surface area contributed by atoms with E-state index in [1.807, 2.05) is 13.8 Å². The fourth-order valence-corrected chi connectivity index (χ4v) is 2.04. The Morgan fingerprint density at radius 1 is 1.15 bits per heavy atom. The Morgan fingerprint density at radius 2 is 1.70 bits per heavy atom. The first-order chi connectivity index (χ1) is 8.94. The van der Waals surface area contributed by atoms with Gasteiger partial charge in [0.2, 0.25) is 11.8 Å². The number of nitrogens with zero attached hydrogens (tertiary/aromatic N) is 1. The quantitative estimate of drug-likeness (QED) is 0.678. The number of amides is 2. The van der Waals surface area contributed by atoms with Crippen LogP contribution in [0.15, 0.2) is 0 Å². The van der Waals surface area contributed by atoms with Gasteiger partial charge in [0, 0.05) is 38.5 Å². The monoisotopic (exact) mass is 307 g/mol. The van der Waals surface area contributed by atoms with E-state index in [1.54, 1.807) is 4.90 Å². The Balaban J connectivity index is 0. The lowest BCUT2D eigenvalue weighted by Crippen LogP contribution is -2.41. The predicted octanol–water partition coefficient (Wildman–Crippen LogP) is 1.55. The van der Waals surface area contributed by atoms with Gasteiger partial charge in [-0.05, 0) is 26.2 Å². The Bertz CT molecular complexity index is 282. The van der Waals surface area contributed by atoms with Gasteiger partial charge in [-0.15, -0.1) is 12.4 Å². The van der Waals surface area contributed by atoms with Crippen LogP contribution in [0, 0.1) is 5.92 Å². The topological polar surface area (TPSA) is 75.4 Å². The van der Waals surface area contributed by atoms with Gasteiger partial charge < -0.3 is 16.0 Å². The highest BCUT2D eigenvalue weighted by Crippen LogP contribution is 2.04. The van der Waals surface area contributed by atoms with Crippen molar-refractivity contribution < 1.29 is 9.59 Å². The Kier molecular flexibility index (Phi) is 12.9. The summed E-state index contributed by atoms with van der Waals surface area (Å²) in [5.41, 5.74) is 5.63. The summed E-state index contributed by atoms with van der Waals surface area (Å²) < 4.78 is 0. The van der Waals surface area contributed by atoms with E-state index >= 15 is 0 Å². The molecule has 0 aliphatic rings. The highest BCUT2D eigenvalue weighted by atomic mass is 35.5. The second-order valence-corrected chi connectivity index (χ2v) is 5.20. The van der Waals surface area contributed by atoms with Crippen molar-refractivity contribution in [1.82, 2.24) is 10.2 Å². The third kappa shape index (κ3) is 9.15. The lowest BCUT2D eigenvalue weighted by atomic mass is 10.0. The van der Waals surface area contributed by atoms with E-state index in [0.717, 1.165) is 6.42 Å². The summed E-state index contributed by atoms with van der Waals surface area (Å²) in [4.78, 5) is 25.3. The largest absolute Gasteiger partial charge is 0.352 e. The zero-order chi connectivity index (χ0) is 14.8. The first kappa shape index (κ1) is 21.5. The molecule has 0 radical (unpaired) electrons. The van der Waals surface area contributed by atoms with Crippen LogP contribution in [-0.4, -0.2) is 42.4 Å². The zero-order valence-electron chi connectivity index (χ0n) is 13.1. The van der Waals surface area contributed by atoms with Crippen LogP contribution in [0.3, 0.4) is 0 Å². The van der Waals surface area contributed by atoms with Crippen molar-refractivity contribution in [3.05, 3.63) is 0 Å². The van der Waals surface area contributed by atoms with Gasteiger partial charge in [-0.25, -0.2) is 0 Å². The van der Waals surface area contributed by atoms with Crippen LogP contribution in [0.4, 0.5) is 0 Å². The van der Waals surface area contributed by atoms with Gasteiger partial charge in [0.05, 0.1) is 0 Å². The van der Waals surface area contributed by atoms with Gasteiger partial charge in [0.15, 0.2) is 0 Å². The van der Waals surface area contributed by atoms with Gasteiger partial charge in [-0.2, -0.15) is 0 Å². The van der Waals surface area contributed by atoms with E-state index in [9.17, 15) is 9.59 Å². The zero-order valence-corrected chi connectivity index (χ0v) is 14.0. The summed E-state index contributed by atoms with van der Waals surface area (Å²) in [7, 11) is 0. The van der Waals surface area contributed by atoms with Gasteiger partial charge in [-0.1, -0.05) is 13.8 Å². The fraction of sp³-hybridized carbons (Fsp3) is 0.857. The number of nitrogens with two attached hydrogens (primary N) is 1. The Labute approximate surface area is 129 Å². The highest BCUT2D eigenvalue weighted by Gasteiger charge is 2.15. The highest BCUT2D eigenvalue weighted by molar-refractivity contribution is 5.85. The molecule has 0 fully saturated rings. The fourth-order valence-electron chi connectivity index (χ4n) is 2.04. The van der Waals surface area contributed by atoms with Crippen molar-refractivity contribution >= 4 is 24.2 Å². The number of hydrogen-bond donors (Lipinski definition) is 2. The average molecular weight is 308 g/mol. The molecule has 0 rings (SSSR count). The van der Waals surface area contributed by atoms with E-state index in [0.29, 0.717) is 25.6 Å². The van der Waals surface area contributed by atoms with E-state index in [1.165, 1.54) is 0 Å². The molecule has 6 heteroatoms. The molecular weight excluding hydrogens is 278 g/mol. The number of rotatable bonds is 9. The minimum absolute atomic E-state index is 0. The van der Waals surface area contributed by atoms with Crippen molar-refractivity contribution in [2.24, 2.45) is 11.7 Å². The summed E-state index contributed by atoms with van der Waals surface area (Å²) in [6.07, 6.45) is 1.38. The minimum atomic E-state index is -0.0865. The Hall–Kier alpha value is -0.810. The molecule has 1 unspecified atom stereocenters. The maximum absolute atomic E-state index is 11.8. The molecule has 5 nitrogen and oxygen atoms in total. The van der Waals surface area contributed by atoms with Crippen LogP contribution in [0.2, 0.25) is 0 Å². The third-order valence-corrected chi connectivity index (χ3v) is 3.09. The lowest BCUT2D eigenvalue weighted by molar-refractivity contribution is -0.133. The molecule has 0 aliphatic carbocycles. The summed E-state index contributed by atoms with van der Waals surface area (Å²) >= 11 is 0. The van der Waals surface area contributed by atoms with Gasteiger partial charge in [-0.3, -0.25) is 9.59 Å². The standard InChI is InChI=1S/C14H29N3O2.ClH/c1-5-17(6-2)14(19)8-7-13(18)16-12(10-15)9-11(3)4;/h11-12H,5-10,15H2,1-4H3,(H,16,18);1H. The van der Waals surface area contributed by atoms with Crippen LogP contribution in [-0.2, 0) is 9.59 Å². The molecule has 3 N–H and O–H groups in total. The molecular formula is C14H30ClN3O2. The van der Waals surface area contributed by atoms with Crippen molar-refractivity contribution in [2.75, 3.05) is 19.6 Å². The summed E-state index contributed by atoms with van der Waals surface area (Å²) in [6, 6.07) is 0.0102. The summed E-state index contributed by atoms with van der Waals surface area (Å²) in [6.45, 7) is 9.89. The van der Waals surface area contributed by atoms with E-state index in [-0.39, 0.29) is 43.1 Å². The first-order valence-electron chi connectivity index (χ1n) is 7.21. The number of halogens is 1. The molecule has 1 atom stereocenters. The first-order valence-corrected chi connectivity index (χ1v) is 7.21. The van der Waals surface area contributed by atoms with Gasteiger partial charge >= 0.3 is 0 Å². The second-order valence-electron chi connectivity index (χ2n) is 5.20. The smallest absolute Gasteiger partial charge is 0.223 e. The second kappa shape index (κ2) is 12.0. The molecule has 0 aliphatic heterocycles. The molecule has 20 heavy (non-hydrogen) atoms. The van der Waals surface area contributed by atoms with Crippen molar-refractivity contribution in [3.63, 3.8) is 0 Å². The number of carbonyl (C=O) groups excluding carboxylic acids is 2. The number of nitrogens with one attached hydrogen (secondary N) is 1. The molecule has 0 aromatic carbocycles. The average Bonchev–Trinajstić information content (AvgIpc) is 2.36. The molecule has 0 saturated heterocycles. The Morgan fingerprint density at radius 3 is 2.10 bits per heavy atom. The lowest BCUT2D eigenvalue weighted by Gasteiger charge is -2.20. The molecule has 0 heterocycles. The molecule has 0 saturated carbocycles. The molecule has 0 aromatic rings. The van der Waals surface area contributed by atoms with Gasteiger partial charge in [0.1, 0.15) is 0 Å². The molecule has 0 spiro atoms. The van der Waals surface area contributed by atoms with E-state index in [4.69, 9.17) is 5.73 Å². The summed E-state index contributed by atoms with van der Waals surface area (Å²) in [5.74, 6) is 0.441. The van der Waals surface area contributed by atoms with E-state index < -0.39 is 0 Å². The maximum atomic E-state index is 11.8. The molecule has 0 aromatic heterocycles. The van der Waals surface area contributed by atoms with Crippen LogP contribution in [0.1, 0.15) is 47.0 Å². The minimum Gasteiger partial charge on any atom is -0.352 e. The van der Waals surface area contributed by atoms with Crippen LogP contribution in [0.25, 0.3) is 0 Å². The van der Waals surface area contributed by atoms with Crippen LogP contribution < -0.4 is 11.1 Å². The molecule has 2 amide bonds. The van der Waals surface area contributed by atoms with Crippen molar-refractivity contribution in [2.45, 2.75) is 53.0 Å².